The summed E-state index contributed by atoms with van der Waals surface area (Å²) in [7, 11) is 4.91. The van der Waals surface area contributed by atoms with E-state index < -0.39 is 0 Å². The molecule has 0 aliphatic rings. The molecule has 2 heterocycles. The molecule has 0 unspecified atom stereocenters. The lowest BCUT2D eigenvalue weighted by molar-refractivity contribution is 0.355. The second kappa shape index (κ2) is 5.91. The lowest BCUT2D eigenvalue weighted by Crippen LogP contribution is -2.19. The van der Waals surface area contributed by atoms with E-state index in [-0.39, 0.29) is 5.49 Å². The summed E-state index contributed by atoms with van der Waals surface area (Å²) in [5.74, 6) is 1.77. The standard InChI is InChI=1S/C15H16N6O2/c1-21-8-19-13-12(14(21)16)17-7-18-15(13)20-9-4-5-10(22-2)11(6-9)23-3/h4-8,16H,1-3H3,(H,17,18,20). The molecule has 2 aromatic heterocycles. The molecule has 8 nitrogen and oxygen atoms in total. The number of hydrogen-bond donors (Lipinski definition) is 2. The summed E-state index contributed by atoms with van der Waals surface area (Å²) in [6, 6.07) is 5.45. The van der Waals surface area contributed by atoms with E-state index in [1.54, 1.807) is 44.3 Å². The van der Waals surface area contributed by atoms with Gasteiger partial charge < -0.3 is 19.4 Å². The van der Waals surface area contributed by atoms with Gasteiger partial charge in [-0.3, -0.25) is 5.41 Å². The smallest absolute Gasteiger partial charge is 0.162 e. The zero-order chi connectivity index (χ0) is 16.4. The van der Waals surface area contributed by atoms with E-state index in [4.69, 9.17) is 14.9 Å². The minimum Gasteiger partial charge on any atom is -0.493 e. The van der Waals surface area contributed by atoms with Crippen molar-refractivity contribution in [3.63, 3.8) is 0 Å². The number of nitrogens with zero attached hydrogens (tertiary/aromatic N) is 4. The summed E-state index contributed by atoms with van der Waals surface area (Å²) in [6.45, 7) is 0. The van der Waals surface area contributed by atoms with Crippen LogP contribution in [0, 0.1) is 5.41 Å². The number of anilines is 2. The van der Waals surface area contributed by atoms with Crippen LogP contribution >= 0.6 is 0 Å². The first-order chi connectivity index (χ1) is 11.1. The summed E-state index contributed by atoms with van der Waals surface area (Å²) in [5.41, 5.74) is 2.05. The number of fused-ring (bicyclic) bond motifs is 1. The van der Waals surface area contributed by atoms with Gasteiger partial charge in [-0.1, -0.05) is 0 Å². The van der Waals surface area contributed by atoms with Gasteiger partial charge >= 0.3 is 0 Å². The summed E-state index contributed by atoms with van der Waals surface area (Å²) in [6.07, 6.45) is 2.97. The predicted molar refractivity (Wildman–Crippen MR) is 85.0 cm³/mol. The van der Waals surface area contributed by atoms with Gasteiger partial charge in [-0.15, -0.1) is 0 Å². The Morgan fingerprint density at radius 3 is 2.57 bits per heavy atom. The number of rotatable bonds is 4. The first kappa shape index (κ1) is 14.8. The topological polar surface area (TPSA) is 97.9 Å². The summed E-state index contributed by atoms with van der Waals surface area (Å²) in [4.78, 5) is 12.7. The number of methoxy groups -OCH3 is 2. The average Bonchev–Trinajstić information content (AvgIpc) is 2.58. The molecule has 118 valence electrons. The van der Waals surface area contributed by atoms with Crippen molar-refractivity contribution < 1.29 is 9.47 Å². The fraction of sp³-hybridized carbons (Fsp3) is 0.200. The van der Waals surface area contributed by atoms with E-state index in [0.717, 1.165) is 5.69 Å². The molecule has 8 heteroatoms. The Labute approximate surface area is 132 Å². The van der Waals surface area contributed by atoms with Gasteiger partial charge in [0.05, 0.1) is 20.5 Å². The minimum absolute atomic E-state index is 0.271. The average molecular weight is 312 g/mol. The third-order valence-electron chi connectivity index (χ3n) is 3.41. The molecule has 0 spiro atoms. The van der Waals surface area contributed by atoms with Crippen LogP contribution < -0.4 is 20.3 Å². The second-order valence-electron chi connectivity index (χ2n) is 4.82. The van der Waals surface area contributed by atoms with Crippen LogP contribution in [0.3, 0.4) is 0 Å². The number of aryl methyl sites for hydroxylation is 1. The molecular formula is C15H16N6O2. The highest BCUT2D eigenvalue weighted by Gasteiger charge is 2.10. The molecule has 0 atom stereocenters. The van der Waals surface area contributed by atoms with E-state index in [0.29, 0.717) is 28.4 Å². The van der Waals surface area contributed by atoms with Gasteiger partial charge in [0, 0.05) is 18.8 Å². The largest absolute Gasteiger partial charge is 0.493 e. The first-order valence-electron chi connectivity index (χ1n) is 6.84. The fourth-order valence-corrected chi connectivity index (χ4v) is 2.19. The summed E-state index contributed by atoms with van der Waals surface area (Å²) >= 11 is 0. The summed E-state index contributed by atoms with van der Waals surface area (Å²) in [5, 5.41) is 11.2. The van der Waals surface area contributed by atoms with Crippen molar-refractivity contribution in [2.75, 3.05) is 19.5 Å². The fourth-order valence-electron chi connectivity index (χ4n) is 2.19. The van der Waals surface area contributed by atoms with Gasteiger partial charge in [-0.05, 0) is 12.1 Å². The van der Waals surface area contributed by atoms with Crippen LogP contribution in [-0.2, 0) is 7.05 Å². The minimum atomic E-state index is 0.271. The predicted octanol–water partition coefficient (Wildman–Crippen LogP) is 1.60. The number of ether oxygens (including phenoxy) is 2. The van der Waals surface area contributed by atoms with E-state index in [1.807, 2.05) is 6.07 Å². The molecule has 0 radical (unpaired) electrons. The van der Waals surface area contributed by atoms with Crippen molar-refractivity contribution >= 4 is 22.5 Å². The van der Waals surface area contributed by atoms with E-state index >= 15 is 0 Å². The molecule has 2 N–H and O–H groups in total. The maximum absolute atomic E-state index is 8.05. The monoisotopic (exact) mass is 312 g/mol. The van der Waals surface area contributed by atoms with Gasteiger partial charge in [-0.25, -0.2) is 15.0 Å². The third kappa shape index (κ3) is 2.66. The Morgan fingerprint density at radius 2 is 1.83 bits per heavy atom. The normalized spacial score (nSPS) is 10.6. The Morgan fingerprint density at radius 1 is 1.04 bits per heavy atom. The molecular weight excluding hydrogens is 296 g/mol. The van der Waals surface area contributed by atoms with Crippen molar-refractivity contribution in [2.24, 2.45) is 7.05 Å². The highest BCUT2D eigenvalue weighted by atomic mass is 16.5. The van der Waals surface area contributed by atoms with Crippen LogP contribution in [0.2, 0.25) is 0 Å². The molecule has 3 aromatic rings. The first-order valence-corrected chi connectivity index (χ1v) is 6.84. The van der Waals surface area contributed by atoms with Gasteiger partial charge in [0.25, 0.3) is 0 Å². The van der Waals surface area contributed by atoms with Crippen molar-refractivity contribution in [1.29, 1.82) is 5.41 Å². The lowest BCUT2D eigenvalue weighted by Gasteiger charge is -2.12. The number of nitrogens with one attached hydrogen (secondary N) is 2. The highest BCUT2D eigenvalue weighted by Crippen LogP contribution is 2.31. The van der Waals surface area contributed by atoms with E-state index in [9.17, 15) is 0 Å². The molecule has 0 aliphatic heterocycles. The lowest BCUT2D eigenvalue weighted by atomic mass is 10.2. The Kier molecular flexibility index (Phi) is 3.80. The van der Waals surface area contributed by atoms with Crippen molar-refractivity contribution in [2.45, 2.75) is 0 Å². The van der Waals surface area contributed by atoms with Crippen LogP contribution in [0.5, 0.6) is 11.5 Å². The SMILES string of the molecule is COc1ccc(Nc2ncnc3c(=N)n(C)cnc23)cc1OC. The second-order valence-corrected chi connectivity index (χ2v) is 4.82. The molecule has 3 rings (SSSR count). The molecule has 1 aromatic carbocycles. The summed E-state index contributed by atoms with van der Waals surface area (Å²) < 4.78 is 12.1. The van der Waals surface area contributed by atoms with Crippen LogP contribution in [-0.4, -0.2) is 33.7 Å². The maximum Gasteiger partial charge on any atom is 0.162 e. The molecule has 0 fully saturated rings. The van der Waals surface area contributed by atoms with Crippen LogP contribution in [0.4, 0.5) is 11.5 Å². The van der Waals surface area contributed by atoms with Crippen molar-refractivity contribution in [3.05, 3.63) is 36.3 Å². The quantitative estimate of drug-likeness (QED) is 0.759. The molecule has 0 saturated heterocycles. The Balaban J connectivity index is 2.05. The number of benzene rings is 1. The van der Waals surface area contributed by atoms with Gasteiger partial charge in [0.1, 0.15) is 17.4 Å². The Hall–Kier alpha value is -3.16. The molecule has 0 bridgehead atoms. The van der Waals surface area contributed by atoms with Gasteiger partial charge in [-0.2, -0.15) is 0 Å². The van der Waals surface area contributed by atoms with Gasteiger partial charge in [0.2, 0.25) is 0 Å². The molecule has 23 heavy (non-hydrogen) atoms. The van der Waals surface area contributed by atoms with Crippen molar-refractivity contribution in [1.82, 2.24) is 19.5 Å². The number of aromatic nitrogens is 4. The zero-order valence-electron chi connectivity index (χ0n) is 13.0. The van der Waals surface area contributed by atoms with Crippen LogP contribution in [0.15, 0.2) is 30.9 Å². The number of hydrogen-bond acceptors (Lipinski definition) is 7. The van der Waals surface area contributed by atoms with Gasteiger partial charge in [0.15, 0.2) is 22.8 Å². The molecule has 0 amide bonds. The highest BCUT2D eigenvalue weighted by molar-refractivity contribution is 5.86. The Bertz CT molecular complexity index is 921. The van der Waals surface area contributed by atoms with E-state index in [2.05, 4.69) is 20.3 Å². The van der Waals surface area contributed by atoms with E-state index in [1.165, 1.54) is 6.33 Å². The van der Waals surface area contributed by atoms with Crippen LogP contribution in [0.25, 0.3) is 11.0 Å². The molecule has 0 saturated carbocycles. The zero-order valence-corrected chi connectivity index (χ0v) is 13.0. The van der Waals surface area contributed by atoms with Crippen LogP contribution in [0.1, 0.15) is 0 Å². The third-order valence-corrected chi connectivity index (χ3v) is 3.41. The van der Waals surface area contributed by atoms with Crippen molar-refractivity contribution in [3.8, 4) is 11.5 Å². The maximum atomic E-state index is 8.05. The molecule has 0 aliphatic carbocycles.